The largest absolute Gasteiger partial charge is 0.497 e. The molecule has 20 heavy (non-hydrogen) atoms. The van der Waals surface area contributed by atoms with Crippen molar-refractivity contribution in [1.29, 1.82) is 0 Å². The molecular formula is C15H16FNO2S. The molecule has 2 aromatic rings. The summed E-state index contributed by atoms with van der Waals surface area (Å²) in [6.45, 7) is 0.336. The summed E-state index contributed by atoms with van der Waals surface area (Å²) in [7, 11) is 0.268. The summed E-state index contributed by atoms with van der Waals surface area (Å²) in [6.07, 6.45) is 0. The van der Waals surface area contributed by atoms with Crippen molar-refractivity contribution in [2.45, 2.75) is 17.2 Å². The van der Waals surface area contributed by atoms with E-state index in [9.17, 15) is 8.60 Å². The summed E-state index contributed by atoms with van der Waals surface area (Å²) in [6, 6.07) is 11.6. The fraction of sp³-hybridized carbons (Fsp3) is 0.200. The molecule has 2 N–H and O–H groups in total. The number of hydrogen-bond donors (Lipinski definition) is 1. The van der Waals surface area contributed by atoms with Gasteiger partial charge in [0.25, 0.3) is 0 Å². The van der Waals surface area contributed by atoms with Gasteiger partial charge in [-0.3, -0.25) is 4.21 Å². The molecule has 3 nitrogen and oxygen atoms in total. The summed E-state index contributed by atoms with van der Waals surface area (Å²) in [4.78, 5) is 0.642. The number of nitrogens with two attached hydrogens (primary N) is 1. The lowest BCUT2D eigenvalue weighted by Gasteiger charge is -2.07. The third-order valence-corrected chi connectivity index (χ3v) is 4.33. The van der Waals surface area contributed by atoms with Crippen LogP contribution >= 0.6 is 0 Å². The number of hydrogen-bond acceptors (Lipinski definition) is 3. The van der Waals surface area contributed by atoms with E-state index in [-0.39, 0.29) is 11.6 Å². The fourth-order valence-electron chi connectivity index (χ4n) is 1.82. The van der Waals surface area contributed by atoms with Gasteiger partial charge in [0, 0.05) is 17.0 Å². The molecule has 5 heteroatoms. The molecule has 0 saturated heterocycles. The highest BCUT2D eigenvalue weighted by Crippen LogP contribution is 2.19. The van der Waals surface area contributed by atoms with E-state index in [4.69, 9.17) is 10.5 Å². The maximum Gasteiger partial charge on any atom is 0.127 e. The van der Waals surface area contributed by atoms with Crippen LogP contribution in [0.2, 0.25) is 0 Å². The minimum absolute atomic E-state index is 0.131. The minimum atomic E-state index is -1.30. The van der Waals surface area contributed by atoms with Crippen LogP contribution in [0.1, 0.15) is 11.1 Å². The van der Waals surface area contributed by atoms with E-state index in [1.165, 1.54) is 6.07 Å². The van der Waals surface area contributed by atoms with Crippen LogP contribution in [0.3, 0.4) is 0 Å². The summed E-state index contributed by atoms with van der Waals surface area (Å²) < 4.78 is 31.0. The molecule has 0 amide bonds. The van der Waals surface area contributed by atoms with Crippen LogP contribution in [0.25, 0.3) is 0 Å². The first-order chi connectivity index (χ1) is 9.63. The van der Waals surface area contributed by atoms with Crippen molar-refractivity contribution >= 4 is 10.8 Å². The quantitative estimate of drug-likeness (QED) is 0.922. The van der Waals surface area contributed by atoms with Gasteiger partial charge in [0.1, 0.15) is 11.6 Å². The predicted molar refractivity (Wildman–Crippen MR) is 77.4 cm³/mol. The molecule has 0 aliphatic carbocycles. The molecule has 1 unspecified atom stereocenters. The van der Waals surface area contributed by atoms with Crippen molar-refractivity contribution in [3.05, 3.63) is 59.4 Å². The lowest BCUT2D eigenvalue weighted by Crippen LogP contribution is -2.02. The maximum absolute atomic E-state index is 13.7. The van der Waals surface area contributed by atoms with Gasteiger partial charge in [0.05, 0.1) is 23.7 Å². The summed E-state index contributed by atoms with van der Waals surface area (Å²) in [5.74, 6) is 0.470. The lowest BCUT2D eigenvalue weighted by atomic mass is 10.1. The first kappa shape index (κ1) is 14.7. The Kier molecular flexibility index (Phi) is 4.87. The first-order valence-electron chi connectivity index (χ1n) is 6.14. The second-order valence-electron chi connectivity index (χ2n) is 4.30. The van der Waals surface area contributed by atoms with Gasteiger partial charge in [-0.1, -0.05) is 12.1 Å². The number of halogens is 1. The van der Waals surface area contributed by atoms with Crippen molar-refractivity contribution in [1.82, 2.24) is 0 Å². The Morgan fingerprint density at radius 2 is 1.90 bits per heavy atom. The molecule has 0 bridgehead atoms. The third-order valence-electron chi connectivity index (χ3n) is 2.95. The van der Waals surface area contributed by atoms with Crippen molar-refractivity contribution in [3.8, 4) is 5.75 Å². The normalized spacial score (nSPS) is 12.2. The Morgan fingerprint density at radius 3 is 2.50 bits per heavy atom. The Labute approximate surface area is 120 Å². The minimum Gasteiger partial charge on any atom is -0.497 e. The second-order valence-corrected chi connectivity index (χ2v) is 5.75. The van der Waals surface area contributed by atoms with E-state index < -0.39 is 10.8 Å². The van der Waals surface area contributed by atoms with E-state index >= 15 is 0 Å². The molecule has 0 aliphatic heterocycles. The van der Waals surface area contributed by atoms with Crippen molar-refractivity contribution < 1.29 is 13.3 Å². The summed E-state index contributed by atoms with van der Waals surface area (Å²) >= 11 is 0. The van der Waals surface area contributed by atoms with Gasteiger partial charge < -0.3 is 10.5 Å². The maximum atomic E-state index is 13.7. The highest BCUT2D eigenvalue weighted by Gasteiger charge is 2.10. The Hall–Kier alpha value is -1.72. The SMILES string of the molecule is COc1ccc(S(=O)Cc2cc(CN)ccc2F)cc1. The Bertz CT molecular complexity index is 614. The van der Waals surface area contributed by atoms with E-state index in [1.54, 1.807) is 43.5 Å². The molecule has 0 radical (unpaired) electrons. The number of ether oxygens (including phenoxy) is 1. The zero-order valence-corrected chi connectivity index (χ0v) is 12.0. The molecule has 2 rings (SSSR count). The molecule has 0 aromatic heterocycles. The van der Waals surface area contributed by atoms with E-state index in [0.717, 1.165) is 5.56 Å². The first-order valence-corrected chi connectivity index (χ1v) is 7.45. The summed E-state index contributed by atoms with van der Waals surface area (Å²) in [5, 5.41) is 0. The van der Waals surface area contributed by atoms with Gasteiger partial charge in [-0.25, -0.2) is 4.39 Å². The molecule has 0 saturated carbocycles. The van der Waals surface area contributed by atoms with Gasteiger partial charge >= 0.3 is 0 Å². The zero-order valence-electron chi connectivity index (χ0n) is 11.1. The lowest BCUT2D eigenvalue weighted by molar-refractivity contribution is 0.414. The average molecular weight is 293 g/mol. The van der Waals surface area contributed by atoms with Crippen LogP contribution in [-0.2, 0) is 23.1 Å². The Balaban J connectivity index is 2.18. The van der Waals surface area contributed by atoms with Gasteiger partial charge in [-0.15, -0.1) is 0 Å². The average Bonchev–Trinajstić information content (AvgIpc) is 2.49. The van der Waals surface area contributed by atoms with Gasteiger partial charge in [0.15, 0.2) is 0 Å². The molecule has 0 heterocycles. The van der Waals surface area contributed by atoms with Crippen LogP contribution in [0.15, 0.2) is 47.4 Å². The van der Waals surface area contributed by atoms with Crippen LogP contribution in [0, 0.1) is 5.82 Å². The Morgan fingerprint density at radius 1 is 1.20 bits per heavy atom. The predicted octanol–water partition coefficient (Wildman–Crippen LogP) is 2.60. The third kappa shape index (κ3) is 3.43. The van der Waals surface area contributed by atoms with Crippen LogP contribution in [0.4, 0.5) is 4.39 Å². The van der Waals surface area contributed by atoms with E-state index in [2.05, 4.69) is 0 Å². The highest BCUT2D eigenvalue weighted by atomic mass is 32.2. The number of rotatable bonds is 5. The van der Waals surface area contributed by atoms with Crippen LogP contribution in [0.5, 0.6) is 5.75 Å². The standard InChI is InChI=1S/C15H16FNO2S/c1-19-13-3-5-14(6-4-13)20(18)10-12-8-11(9-17)2-7-15(12)16/h2-8H,9-10,17H2,1H3. The van der Waals surface area contributed by atoms with Gasteiger partial charge in [-0.2, -0.15) is 0 Å². The topological polar surface area (TPSA) is 52.3 Å². The van der Waals surface area contributed by atoms with Crippen LogP contribution in [-0.4, -0.2) is 11.3 Å². The summed E-state index contributed by atoms with van der Waals surface area (Å²) in [5.41, 5.74) is 6.78. The van der Waals surface area contributed by atoms with Crippen molar-refractivity contribution in [2.75, 3.05) is 7.11 Å². The van der Waals surface area contributed by atoms with Crippen LogP contribution < -0.4 is 10.5 Å². The fourth-order valence-corrected chi connectivity index (χ4v) is 2.93. The van der Waals surface area contributed by atoms with Crippen molar-refractivity contribution in [3.63, 3.8) is 0 Å². The number of methoxy groups -OCH3 is 1. The van der Waals surface area contributed by atoms with E-state index in [1.807, 2.05) is 0 Å². The molecule has 0 fully saturated rings. The highest BCUT2D eigenvalue weighted by molar-refractivity contribution is 7.84. The second kappa shape index (κ2) is 6.63. The molecule has 2 aromatic carbocycles. The molecule has 106 valence electrons. The van der Waals surface area contributed by atoms with Gasteiger partial charge in [-0.05, 0) is 35.9 Å². The molecular weight excluding hydrogens is 277 g/mol. The molecule has 0 spiro atoms. The molecule has 1 atom stereocenters. The molecule has 0 aliphatic rings. The zero-order chi connectivity index (χ0) is 14.5. The van der Waals surface area contributed by atoms with Gasteiger partial charge in [0.2, 0.25) is 0 Å². The smallest absolute Gasteiger partial charge is 0.127 e. The van der Waals surface area contributed by atoms with Crippen molar-refractivity contribution in [2.24, 2.45) is 5.73 Å². The monoisotopic (exact) mass is 293 g/mol. The van der Waals surface area contributed by atoms with E-state index in [0.29, 0.717) is 22.8 Å². The number of benzene rings is 2.